The molecule has 0 spiro atoms. The van der Waals surface area contributed by atoms with Crippen LogP contribution < -0.4 is 5.32 Å². The van der Waals surface area contributed by atoms with E-state index in [9.17, 15) is 4.79 Å². The number of hydrogen-bond acceptors (Lipinski definition) is 3. The topological polar surface area (TPSA) is 41.6 Å². The molecule has 0 saturated carbocycles. The van der Waals surface area contributed by atoms with Crippen molar-refractivity contribution in [3.05, 3.63) is 0 Å². The Balaban J connectivity index is 4.29. The maximum Gasteiger partial charge on any atom is 0.410 e. The lowest BCUT2D eigenvalue weighted by molar-refractivity contribution is 0.0195. The van der Waals surface area contributed by atoms with Crippen molar-refractivity contribution in [1.29, 1.82) is 0 Å². The molecule has 1 N–H and O–H groups in total. The molecule has 0 aliphatic heterocycles. The standard InChI is InChI=1S/C11H24N2O2/c1-9(2)13(8-7-12-6)10(14)15-11(3,4)5/h9,12H,7-8H2,1-6H3. The summed E-state index contributed by atoms with van der Waals surface area (Å²) in [5.74, 6) is 0. The zero-order valence-corrected chi connectivity index (χ0v) is 10.8. The lowest BCUT2D eigenvalue weighted by Gasteiger charge is -2.30. The molecule has 0 aromatic carbocycles. The SMILES string of the molecule is CNCCN(C(=O)OC(C)(C)C)C(C)C. The van der Waals surface area contributed by atoms with E-state index in [1.54, 1.807) is 4.90 Å². The summed E-state index contributed by atoms with van der Waals surface area (Å²) in [6, 6.07) is 0.160. The Morgan fingerprint density at radius 3 is 2.27 bits per heavy atom. The van der Waals surface area contributed by atoms with E-state index in [0.29, 0.717) is 6.54 Å². The monoisotopic (exact) mass is 216 g/mol. The van der Waals surface area contributed by atoms with Crippen molar-refractivity contribution in [3.63, 3.8) is 0 Å². The maximum absolute atomic E-state index is 11.8. The molecule has 0 radical (unpaired) electrons. The Hall–Kier alpha value is -0.770. The van der Waals surface area contributed by atoms with E-state index in [0.717, 1.165) is 6.54 Å². The minimum Gasteiger partial charge on any atom is -0.444 e. The summed E-state index contributed by atoms with van der Waals surface area (Å²) in [7, 11) is 1.87. The molecule has 1 amide bonds. The average molecular weight is 216 g/mol. The molecule has 90 valence electrons. The zero-order chi connectivity index (χ0) is 12.1. The second-order valence-corrected chi connectivity index (χ2v) is 4.87. The van der Waals surface area contributed by atoms with Gasteiger partial charge in [0.15, 0.2) is 0 Å². The summed E-state index contributed by atoms with van der Waals surface area (Å²) in [6.07, 6.45) is -0.243. The van der Waals surface area contributed by atoms with Crippen LogP contribution in [-0.2, 0) is 4.74 Å². The van der Waals surface area contributed by atoms with Crippen LogP contribution in [-0.4, -0.2) is 42.8 Å². The minimum atomic E-state index is -0.427. The van der Waals surface area contributed by atoms with E-state index in [1.807, 2.05) is 41.7 Å². The maximum atomic E-state index is 11.8. The van der Waals surface area contributed by atoms with Crippen LogP contribution >= 0.6 is 0 Å². The van der Waals surface area contributed by atoms with Crippen LogP contribution in [0.1, 0.15) is 34.6 Å². The number of nitrogens with one attached hydrogen (secondary N) is 1. The van der Waals surface area contributed by atoms with Crippen LogP contribution in [0.15, 0.2) is 0 Å². The molecule has 4 heteroatoms. The van der Waals surface area contributed by atoms with Crippen molar-refractivity contribution < 1.29 is 9.53 Å². The highest BCUT2D eigenvalue weighted by Gasteiger charge is 2.23. The Morgan fingerprint density at radius 1 is 1.40 bits per heavy atom. The largest absolute Gasteiger partial charge is 0.444 e. The first-order valence-corrected chi connectivity index (χ1v) is 5.42. The molecule has 15 heavy (non-hydrogen) atoms. The molecule has 4 nitrogen and oxygen atoms in total. The van der Waals surface area contributed by atoms with Crippen molar-refractivity contribution in [2.45, 2.75) is 46.3 Å². The highest BCUT2D eigenvalue weighted by Crippen LogP contribution is 2.11. The first-order chi connectivity index (χ1) is 6.78. The summed E-state index contributed by atoms with van der Waals surface area (Å²) >= 11 is 0. The van der Waals surface area contributed by atoms with E-state index >= 15 is 0 Å². The normalized spacial score (nSPS) is 11.7. The predicted molar refractivity (Wildman–Crippen MR) is 62.0 cm³/mol. The summed E-state index contributed by atoms with van der Waals surface area (Å²) in [5.41, 5.74) is -0.427. The van der Waals surface area contributed by atoms with Gasteiger partial charge >= 0.3 is 6.09 Å². The summed E-state index contributed by atoms with van der Waals surface area (Å²) in [6.45, 7) is 11.0. The van der Waals surface area contributed by atoms with Crippen LogP contribution in [0.5, 0.6) is 0 Å². The highest BCUT2D eigenvalue weighted by molar-refractivity contribution is 5.68. The fraction of sp³-hybridized carbons (Fsp3) is 0.909. The van der Waals surface area contributed by atoms with Crippen molar-refractivity contribution in [3.8, 4) is 0 Å². The molecular weight excluding hydrogens is 192 g/mol. The summed E-state index contributed by atoms with van der Waals surface area (Å²) < 4.78 is 5.32. The number of rotatable bonds is 4. The number of likely N-dealkylation sites (N-methyl/N-ethyl adjacent to an activating group) is 1. The van der Waals surface area contributed by atoms with E-state index < -0.39 is 5.60 Å². The number of nitrogens with zero attached hydrogens (tertiary/aromatic N) is 1. The molecule has 0 aromatic rings. The number of carbonyl (C=O) groups is 1. The van der Waals surface area contributed by atoms with Gasteiger partial charge in [-0.25, -0.2) is 4.79 Å². The Bertz CT molecular complexity index is 197. The third-order valence-electron chi connectivity index (χ3n) is 1.85. The fourth-order valence-electron chi connectivity index (χ4n) is 1.11. The molecule has 0 aliphatic rings. The van der Waals surface area contributed by atoms with E-state index in [-0.39, 0.29) is 12.1 Å². The van der Waals surface area contributed by atoms with Gasteiger partial charge in [0.25, 0.3) is 0 Å². The second-order valence-electron chi connectivity index (χ2n) is 4.87. The van der Waals surface area contributed by atoms with Crippen LogP contribution in [0.4, 0.5) is 4.79 Å². The van der Waals surface area contributed by atoms with E-state index in [4.69, 9.17) is 4.74 Å². The van der Waals surface area contributed by atoms with Gasteiger partial charge in [-0.1, -0.05) is 0 Å². The summed E-state index contributed by atoms with van der Waals surface area (Å²) in [5, 5.41) is 3.02. The number of hydrogen-bond donors (Lipinski definition) is 1. The van der Waals surface area contributed by atoms with Crippen molar-refractivity contribution >= 4 is 6.09 Å². The van der Waals surface area contributed by atoms with E-state index in [1.165, 1.54) is 0 Å². The number of carbonyl (C=O) groups excluding carboxylic acids is 1. The van der Waals surface area contributed by atoms with Gasteiger partial charge in [0, 0.05) is 19.1 Å². The zero-order valence-electron chi connectivity index (χ0n) is 10.8. The third-order valence-corrected chi connectivity index (χ3v) is 1.85. The Morgan fingerprint density at radius 2 is 1.93 bits per heavy atom. The molecule has 0 unspecified atom stereocenters. The van der Waals surface area contributed by atoms with Crippen LogP contribution in [0.25, 0.3) is 0 Å². The quantitative estimate of drug-likeness (QED) is 0.779. The third kappa shape index (κ3) is 6.33. The number of ether oxygens (including phenoxy) is 1. The molecule has 0 rings (SSSR count). The van der Waals surface area contributed by atoms with Crippen molar-refractivity contribution in [2.75, 3.05) is 20.1 Å². The molecule has 0 atom stereocenters. The lowest BCUT2D eigenvalue weighted by atomic mass is 10.2. The van der Waals surface area contributed by atoms with Crippen LogP contribution in [0.2, 0.25) is 0 Å². The van der Waals surface area contributed by atoms with E-state index in [2.05, 4.69) is 5.32 Å². The second kappa shape index (κ2) is 5.95. The van der Waals surface area contributed by atoms with Gasteiger partial charge in [0.05, 0.1) is 0 Å². The fourth-order valence-corrected chi connectivity index (χ4v) is 1.11. The average Bonchev–Trinajstić information content (AvgIpc) is 2.00. The van der Waals surface area contributed by atoms with Gasteiger partial charge in [-0.2, -0.15) is 0 Å². The molecule has 0 heterocycles. The first kappa shape index (κ1) is 14.2. The predicted octanol–water partition coefficient (Wildman–Crippen LogP) is 1.85. The molecule has 0 saturated heterocycles. The van der Waals surface area contributed by atoms with Crippen molar-refractivity contribution in [2.24, 2.45) is 0 Å². The number of amides is 1. The first-order valence-electron chi connectivity index (χ1n) is 5.42. The smallest absolute Gasteiger partial charge is 0.410 e. The Labute approximate surface area is 93.0 Å². The molecule has 0 fully saturated rings. The molecule has 0 aromatic heterocycles. The lowest BCUT2D eigenvalue weighted by Crippen LogP contribution is -2.43. The van der Waals surface area contributed by atoms with Gasteiger partial charge in [-0.15, -0.1) is 0 Å². The van der Waals surface area contributed by atoms with Crippen molar-refractivity contribution in [1.82, 2.24) is 10.2 Å². The van der Waals surface area contributed by atoms with Gasteiger partial charge < -0.3 is 15.0 Å². The summed E-state index contributed by atoms with van der Waals surface area (Å²) in [4.78, 5) is 13.5. The molecular formula is C11H24N2O2. The van der Waals surface area contributed by atoms with Crippen LogP contribution in [0, 0.1) is 0 Å². The van der Waals surface area contributed by atoms with Gasteiger partial charge in [-0.05, 0) is 41.7 Å². The van der Waals surface area contributed by atoms with Gasteiger partial charge in [0.1, 0.15) is 5.60 Å². The van der Waals surface area contributed by atoms with Crippen LogP contribution in [0.3, 0.4) is 0 Å². The van der Waals surface area contributed by atoms with Gasteiger partial charge in [-0.3, -0.25) is 0 Å². The highest BCUT2D eigenvalue weighted by atomic mass is 16.6. The minimum absolute atomic E-state index is 0.160. The molecule has 0 bridgehead atoms. The molecule has 0 aliphatic carbocycles. The Kier molecular flexibility index (Phi) is 5.65. The van der Waals surface area contributed by atoms with Gasteiger partial charge in [0.2, 0.25) is 0 Å².